The van der Waals surface area contributed by atoms with E-state index in [-0.39, 0.29) is 198 Å². The Hall–Kier alpha value is -10.6. The molecule has 0 radical (unpaired) electrons. The summed E-state index contributed by atoms with van der Waals surface area (Å²) in [5.74, 6) is -5.63. The molecule has 0 bridgehead atoms. The summed E-state index contributed by atoms with van der Waals surface area (Å²) in [5.41, 5.74) is 8.73. The fraction of sp³-hybridized carbons (Fsp3) is 0.617. The summed E-state index contributed by atoms with van der Waals surface area (Å²) >= 11 is 0. The van der Waals surface area contributed by atoms with Crippen molar-refractivity contribution >= 4 is 92.4 Å². The van der Waals surface area contributed by atoms with Crippen LogP contribution in [0.3, 0.4) is 0 Å². The van der Waals surface area contributed by atoms with E-state index in [1.807, 2.05) is 68.5 Å². The van der Waals surface area contributed by atoms with E-state index >= 15 is 0 Å². The third kappa shape index (κ3) is 31.2. The minimum atomic E-state index is -4.15. The fourth-order valence-corrected chi connectivity index (χ4v) is 18.8. The molecule has 10 rings (SSSR count). The van der Waals surface area contributed by atoms with E-state index in [1.165, 1.54) is 13.8 Å². The number of aliphatic hydroxyl groups is 1. The molecule has 13 N–H and O–H groups in total. The van der Waals surface area contributed by atoms with Crippen molar-refractivity contribution in [1.29, 1.82) is 0 Å². The van der Waals surface area contributed by atoms with E-state index in [1.54, 1.807) is 59.8 Å². The maximum absolute atomic E-state index is 14.7. The van der Waals surface area contributed by atoms with Gasteiger partial charge in [0.2, 0.25) is 47.3 Å². The summed E-state index contributed by atoms with van der Waals surface area (Å²) in [4.78, 5) is 159. The van der Waals surface area contributed by atoms with Gasteiger partial charge in [-0.3, -0.25) is 52.5 Å². The van der Waals surface area contributed by atoms with Gasteiger partial charge in [0.15, 0.2) is 23.5 Å². The summed E-state index contributed by atoms with van der Waals surface area (Å²) in [6.07, 6.45) is 5.94. The maximum Gasteiger partial charge on any atom is 0.408 e. The first-order valence-electron chi connectivity index (χ1n) is 46.9. The number of amides is 11. The number of hydrogen-bond acceptors (Lipinski definition) is 29. The number of Topliss-reactive ketones (excluding diaryl/α,β-unsaturated/α-hetero) is 1. The summed E-state index contributed by atoms with van der Waals surface area (Å²) in [6.45, 7) is 15.9. The molecule has 43 heteroatoms. The number of nitrogens with one attached hydrogen (secondary N) is 9. The van der Waals surface area contributed by atoms with E-state index in [2.05, 4.69) is 65.1 Å². The number of para-hydroxylation sites is 1. The maximum atomic E-state index is 14.7. The Morgan fingerprint density at radius 3 is 1.92 bits per heavy atom. The van der Waals surface area contributed by atoms with Crippen molar-refractivity contribution in [3.8, 4) is 22.5 Å². The standard InChI is InChI=1S/C94H134N14O28S/c1-8-14-81-135-76-54-71-69-25-22-65-53-67(109)28-31-92(65,6)82(69)74(110)55-93(71,7)94(76,136-81)75(111)58-133-59-99-86(116)61(4)100-87(117)62(5)101-91(121)134-57-63-20-23-66(24-21-63)102-88(118)72(18-13-32-98-90(95)120)103-89(119)83(60(2)3)104-79(114)30-37-126-41-45-130-48-50-131-46-42-127-38-33-96-77(112)26-27-80(115)107-56-64-15-9-10-16-68(64)85-84(70-17-11-12-19-73(70)107)105-106-108(85)35-39-128-43-47-132-51-49-129-44-40-125-36-29-78(113)97-34-52-137(122,123)124/h9-12,15-17,19-21,23-24,28,31,53,60-62,69,71-72,74,76,81-83,110H,8,13-14,18,22,25-27,29-30,32-52,54-59H2,1-7H3,(H,96,112)(H,97,113)(H,99,116)(H,100,117)(H,101,121)(H,102,118)(H,103,119)(H,104,114)(H3,95,98,120)(H,122,123,124)/t61-,62-,69-,71-,72-,74-,76+,81?,82+,83-,92-,93-,94+/m0/s1. The Morgan fingerprint density at radius 1 is 0.650 bits per heavy atom. The number of nitrogens with zero attached hydrogens (tertiary/aromatic N) is 4. The molecule has 4 aliphatic carbocycles. The lowest BCUT2D eigenvalue weighted by Crippen LogP contribution is -2.63. The highest BCUT2D eigenvalue weighted by atomic mass is 32.2. The number of aliphatic hydroxyl groups excluding tert-OH is 1. The number of urea groups is 1. The lowest BCUT2D eigenvalue weighted by molar-refractivity contribution is -0.201. The lowest BCUT2D eigenvalue weighted by atomic mass is 9.46. The quantitative estimate of drug-likeness (QED) is 0.0169. The van der Waals surface area contributed by atoms with Gasteiger partial charge in [-0.05, 0) is 118 Å². The van der Waals surface area contributed by atoms with Crippen molar-refractivity contribution in [3.63, 3.8) is 0 Å². The third-order valence-electron chi connectivity index (χ3n) is 25.3. The summed E-state index contributed by atoms with van der Waals surface area (Å²) in [7, 11) is -4.15. The van der Waals surface area contributed by atoms with Crippen LogP contribution in [-0.2, 0) is 135 Å². The minimum absolute atomic E-state index is 0.0121. The molecule has 1 unspecified atom stereocenters. The number of aromatic nitrogens is 3. The van der Waals surface area contributed by atoms with Crippen LogP contribution in [-0.4, -0.2) is 297 Å². The highest BCUT2D eigenvalue weighted by Crippen LogP contribution is 2.70. The molecule has 3 heterocycles. The van der Waals surface area contributed by atoms with Crippen LogP contribution < -0.4 is 58.5 Å². The van der Waals surface area contributed by atoms with Crippen molar-refractivity contribution in [2.45, 2.75) is 193 Å². The number of carbonyl (C=O) groups is 12. The normalized spacial score (nSPS) is 21.5. The number of ether oxygens (including phenoxy) is 12. The van der Waals surface area contributed by atoms with E-state index in [0.717, 1.165) is 35.2 Å². The number of allylic oxidation sites excluding steroid dienone is 4. The highest BCUT2D eigenvalue weighted by Gasteiger charge is 2.76. The molecule has 1 aromatic heterocycles. The summed E-state index contributed by atoms with van der Waals surface area (Å²) in [6, 6.07) is 16.2. The molecule has 2 aliphatic heterocycles. The second-order valence-corrected chi connectivity index (χ2v) is 36.9. The Kier molecular flexibility index (Phi) is 42.3. The summed E-state index contributed by atoms with van der Waals surface area (Å²) in [5, 5.41) is 44.7. The Labute approximate surface area is 797 Å². The zero-order valence-corrected chi connectivity index (χ0v) is 79.8. The fourth-order valence-electron chi connectivity index (χ4n) is 18.4. The summed E-state index contributed by atoms with van der Waals surface area (Å²) < 4.78 is 101. The average molecular weight is 1940 g/mol. The molecule has 137 heavy (non-hydrogen) atoms. The molecule has 3 saturated carbocycles. The lowest BCUT2D eigenvalue weighted by Gasteiger charge is -2.59. The van der Waals surface area contributed by atoms with Crippen LogP contribution in [0.25, 0.3) is 22.5 Å². The first-order valence-corrected chi connectivity index (χ1v) is 48.5. The molecule has 4 fully saturated rings. The van der Waals surface area contributed by atoms with Gasteiger partial charge in [-0.15, -0.1) is 5.10 Å². The molecule has 6 aliphatic rings. The van der Waals surface area contributed by atoms with Gasteiger partial charge in [0.1, 0.15) is 49.8 Å². The second kappa shape index (κ2) is 53.5. The van der Waals surface area contributed by atoms with Crippen molar-refractivity contribution in [2.24, 2.45) is 40.2 Å². The number of rotatable bonds is 59. The number of hydrogen-bond donors (Lipinski definition) is 12. The first kappa shape index (κ1) is 108. The predicted octanol–water partition coefficient (Wildman–Crippen LogP) is 3.93. The van der Waals surface area contributed by atoms with Crippen LogP contribution in [0.4, 0.5) is 21.0 Å². The SMILES string of the molecule is CCCC1O[C@@H]2C[C@H]3[C@@H]4CCC5=CC(=O)C=C[C@]5(C)[C@H]4[C@@H](O)C[C@]3(C)[C@]2(C(=O)COCNC(=O)[C@H](C)NC(=O)[C@H](C)NC(=O)OCc2ccc(NC(=O)[C@H](CCCNC(N)=O)NC(=O)[C@@H](NC(=O)CCOCCOCCOCCOCCNC(=O)CCC(=O)N3Cc4ccccc4-c4c(nnn4CCOCCOCCOCCOCCC(=O)NCCS(=O)(=O)O)-c4ccccc43)C(C)C)cc2)O1. The molecule has 42 nitrogen and oxygen atoms in total. The number of primary amides is 1. The van der Waals surface area contributed by atoms with Gasteiger partial charge >= 0.3 is 12.1 Å². The number of benzene rings is 3. The average Bonchev–Trinajstić information content (AvgIpc) is 1.51. The monoisotopic (exact) mass is 1940 g/mol. The minimum Gasteiger partial charge on any atom is -0.445 e. The van der Waals surface area contributed by atoms with E-state index < -0.39 is 135 Å². The zero-order chi connectivity index (χ0) is 98.7. The number of alkyl carbamates (subject to hydrolysis) is 1. The molecular weight excluding hydrogens is 1810 g/mol. The second-order valence-electron chi connectivity index (χ2n) is 35.3. The van der Waals surface area contributed by atoms with Crippen molar-refractivity contribution in [1.82, 2.24) is 57.5 Å². The van der Waals surface area contributed by atoms with Gasteiger partial charge < -0.3 is 120 Å². The van der Waals surface area contributed by atoms with Gasteiger partial charge in [0.05, 0.1) is 148 Å². The Bertz CT molecular complexity index is 4930. The van der Waals surface area contributed by atoms with Crippen LogP contribution in [0.1, 0.15) is 137 Å². The number of anilines is 2. The number of carbonyl (C=O) groups excluding carboxylic acids is 12. The largest absolute Gasteiger partial charge is 0.445 e. The van der Waals surface area contributed by atoms with E-state index in [0.29, 0.717) is 87.0 Å². The van der Waals surface area contributed by atoms with Gasteiger partial charge in [-0.25, -0.2) is 14.3 Å². The van der Waals surface area contributed by atoms with Gasteiger partial charge in [-0.2, -0.15) is 8.42 Å². The molecule has 0 spiro atoms. The molecule has 1 saturated heterocycles. The smallest absolute Gasteiger partial charge is 0.408 e. The topological polar surface area (TPSA) is 558 Å². The first-order chi connectivity index (χ1) is 65.7. The molecular formula is C94H134N14O28S. The van der Waals surface area contributed by atoms with Gasteiger partial charge in [-0.1, -0.05) is 112 Å². The predicted molar refractivity (Wildman–Crippen MR) is 495 cm³/mol. The van der Waals surface area contributed by atoms with Crippen LogP contribution in [0.15, 0.2) is 96.6 Å². The Morgan fingerprint density at radius 2 is 1.26 bits per heavy atom. The number of nitrogens with two attached hydrogens (primary N) is 1. The van der Waals surface area contributed by atoms with Gasteiger partial charge in [0.25, 0.3) is 10.1 Å². The van der Waals surface area contributed by atoms with E-state index in [4.69, 9.17) is 67.1 Å². The van der Waals surface area contributed by atoms with Crippen molar-refractivity contribution in [3.05, 3.63) is 108 Å². The van der Waals surface area contributed by atoms with Crippen LogP contribution in [0.5, 0.6) is 0 Å². The zero-order valence-electron chi connectivity index (χ0n) is 79.0. The number of fused-ring (bicyclic) bond motifs is 12. The molecule has 3 aromatic carbocycles. The van der Waals surface area contributed by atoms with Gasteiger partial charge in [0, 0.05) is 78.9 Å². The van der Waals surface area contributed by atoms with Crippen LogP contribution in [0.2, 0.25) is 0 Å². The van der Waals surface area contributed by atoms with Crippen LogP contribution in [0, 0.1) is 34.5 Å². The molecule has 4 aromatic rings. The Balaban J connectivity index is 0.546. The van der Waals surface area contributed by atoms with Crippen molar-refractivity contribution in [2.75, 3.05) is 155 Å². The highest BCUT2D eigenvalue weighted by molar-refractivity contribution is 7.85. The van der Waals surface area contributed by atoms with Crippen LogP contribution >= 0.6 is 0 Å². The third-order valence-corrected chi connectivity index (χ3v) is 26.0. The molecule has 11 amide bonds. The van der Waals surface area contributed by atoms with Crippen molar-refractivity contribution < 1.29 is 132 Å². The molecule has 13 atom stereocenters. The van der Waals surface area contributed by atoms with E-state index in [9.17, 15) is 71.1 Å². The molecule has 754 valence electrons. The number of ketones is 2.